The molecular formula is C24H27N3O5. The van der Waals surface area contributed by atoms with E-state index in [1.807, 2.05) is 12.1 Å². The molecule has 8 nitrogen and oxygen atoms in total. The van der Waals surface area contributed by atoms with Gasteiger partial charge >= 0.3 is 0 Å². The molecule has 0 bridgehead atoms. The highest BCUT2D eigenvalue weighted by atomic mass is 16.5. The molecule has 1 saturated heterocycles. The maximum absolute atomic E-state index is 13.4. The van der Waals surface area contributed by atoms with Gasteiger partial charge in [-0.1, -0.05) is 6.07 Å². The summed E-state index contributed by atoms with van der Waals surface area (Å²) in [6.45, 7) is 2.30. The molecule has 168 valence electrons. The fraction of sp³-hybridized carbons (Fsp3) is 0.417. The fourth-order valence-corrected chi connectivity index (χ4v) is 4.14. The Morgan fingerprint density at radius 2 is 2.09 bits per heavy atom. The summed E-state index contributed by atoms with van der Waals surface area (Å²) in [5, 5.41) is 0. The van der Waals surface area contributed by atoms with Crippen LogP contribution in [-0.4, -0.2) is 72.0 Å². The lowest BCUT2D eigenvalue weighted by molar-refractivity contribution is 0.0507. The first-order valence-corrected chi connectivity index (χ1v) is 10.9. The van der Waals surface area contributed by atoms with Crippen LogP contribution in [0.4, 0.5) is 0 Å². The third-order valence-electron chi connectivity index (χ3n) is 5.78. The van der Waals surface area contributed by atoms with Crippen molar-refractivity contribution in [2.45, 2.75) is 31.9 Å². The van der Waals surface area contributed by atoms with Gasteiger partial charge in [-0.3, -0.25) is 24.3 Å². The first-order chi connectivity index (χ1) is 15.6. The number of carbonyl (C=O) groups excluding carboxylic acids is 3. The normalized spacial score (nSPS) is 17.7. The predicted molar refractivity (Wildman–Crippen MR) is 116 cm³/mol. The summed E-state index contributed by atoms with van der Waals surface area (Å²) in [4.78, 5) is 46.0. The fourth-order valence-electron chi connectivity index (χ4n) is 4.14. The van der Waals surface area contributed by atoms with E-state index in [2.05, 4.69) is 4.98 Å². The number of nitrogens with zero attached hydrogens (tertiary/aromatic N) is 3. The minimum absolute atomic E-state index is 0.00969. The topological polar surface area (TPSA) is 89.0 Å². The quantitative estimate of drug-likeness (QED) is 0.442. The second kappa shape index (κ2) is 10.0. The molecule has 0 N–H and O–H groups in total. The van der Waals surface area contributed by atoms with Gasteiger partial charge in [-0.05, 0) is 49.1 Å². The highest BCUT2D eigenvalue weighted by molar-refractivity contribution is 6.22. The van der Waals surface area contributed by atoms with E-state index in [0.717, 1.165) is 18.4 Å². The number of aromatic nitrogens is 1. The van der Waals surface area contributed by atoms with Gasteiger partial charge < -0.3 is 14.4 Å². The number of carbonyl (C=O) groups is 3. The maximum atomic E-state index is 13.4. The second-order valence-corrected chi connectivity index (χ2v) is 8.05. The largest absolute Gasteiger partial charge is 0.385 e. The van der Waals surface area contributed by atoms with Crippen molar-refractivity contribution in [3.8, 4) is 0 Å². The van der Waals surface area contributed by atoms with Crippen LogP contribution >= 0.6 is 0 Å². The van der Waals surface area contributed by atoms with Crippen LogP contribution in [-0.2, 0) is 16.0 Å². The molecule has 1 fully saturated rings. The summed E-state index contributed by atoms with van der Waals surface area (Å²) >= 11 is 0. The Labute approximate surface area is 187 Å². The molecule has 0 spiro atoms. The lowest BCUT2D eigenvalue weighted by Gasteiger charge is -2.25. The number of rotatable bonds is 9. The van der Waals surface area contributed by atoms with Crippen LogP contribution in [0.15, 0.2) is 42.7 Å². The average Bonchev–Trinajstić information content (AvgIpc) is 3.41. The van der Waals surface area contributed by atoms with Crippen molar-refractivity contribution in [2.75, 3.05) is 33.4 Å². The van der Waals surface area contributed by atoms with Gasteiger partial charge in [-0.2, -0.15) is 0 Å². The molecule has 0 radical (unpaired) electrons. The molecule has 8 heteroatoms. The SMILES string of the molecule is COCCCN1C(=O)c2ccc(C(=O)N(Cc3cccnc3)CC3CCCO3)cc2C1=O. The van der Waals surface area contributed by atoms with Gasteiger partial charge in [0.05, 0.1) is 17.2 Å². The van der Waals surface area contributed by atoms with Gasteiger partial charge in [0.15, 0.2) is 0 Å². The van der Waals surface area contributed by atoms with Crippen LogP contribution in [0.1, 0.15) is 55.9 Å². The molecule has 2 aliphatic rings. The van der Waals surface area contributed by atoms with E-state index in [1.165, 1.54) is 4.90 Å². The summed E-state index contributed by atoms with van der Waals surface area (Å²) < 4.78 is 10.8. The summed E-state index contributed by atoms with van der Waals surface area (Å²) in [5.74, 6) is -0.898. The Bertz CT molecular complexity index is 988. The van der Waals surface area contributed by atoms with E-state index in [0.29, 0.717) is 43.9 Å². The zero-order valence-corrected chi connectivity index (χ0v) is 18.2. The van der Waals surface area contributed by atoms with Crippen LogP contribution in [0, 0.1) is 0 Å². The number of imide groups is 1. The molecule has 1 aromatic carbocycles. The molecule has 3 amide bonds. The highest BCUT2D eigenvalue weighted by Gasteiger charge is 2.36. The number of pyridine rings is 1. The van der Waals surface area contributed by atoms with Crippen molar-refractivity contribution in [2.24, 2.45) is 0 Å². The number of methoxy groups -OCH3 is 1. The Morgan fingerprint density at radius 3 is 2.81 bits per heavy atom. The summed E-state index contributed by atoms with van der Waals surface area (Å²) in [6.07, 6.45) is 5.87. The Balaban J connectivity index is 1.55. The van der Waals surface area contributed by atoms with Crippen LogP contribution in [0.25, 0.3) is 0 Å². The van der Waals surface area contributed by atoms with Crippen molar-refractivity contribution < 1.29 is 23.9 Å². The molecule has 0 saturated carbocycles. The van der Waals surface area contributed by atoms with Crippen LogP contribution in [0.3, 0.4) is 0 Å². The lowest BCUT2D eigenvalue weighted by atomic mass is 10.0. The van der Waals surface area contributed by atoms with Crippen molar-refractivity contribution in [1.29, 1.82) is 0 Å². The number of hydrogen-bond donors (Lipinski definition) is 0. The van der Waals surface area contributed by atoms with Crippen LogP contribution in [0.5, 0.6) is 0 Å². The van der Waals surface area contributed by atoms with Crippen molar-refractivity contribution in [1.82, 2.24) is 14.8 Å². The maximum Gasteiger partial charge on any atom is 0.261 e. The number of fused-ring (bicyclic) bond motifs is 1. The molecule has 32 heavy (non-hydrogen) atoms. The van der Waals surface area contributed by atoms with E-state index in [9.17, 15) is 14.4 Å². The molecule has 4 rings (SSSR count). The molecule has 2 aromatic rings. The molecule has 0 aliphatic carbocycles. The van der Waals surface area contributed by atoms with Gasteiger partial charge in [0, 0.05) is 57.9 Å². The second-order valence-electron chi connectivity index (χ2n) is 8.05. The Kier molecular flexibility index (Phi) is 6.92. The number of amides is 3. The van der Waals surface area contributed by atoms with Gasteiger partial charge in [0.25, 0.3) is 17.7 Å². The Morgan fingerprint density at radius 1 is 1.25 bits per heavy atom. The highest BCUT2D eigenvalue weighted by Crippen LogP contribution is 2.25. The van der Waals surface area contributed by atoms with Gasteiger partial charge in [0.2, 0.25) is 0 Å². The Hall–Kier alpha value is -3.10. The van der Waals surface area contributed by atoms with E-state index in [1.54, 1.807) is 42.6 Å². The van der Waals surface area contributed by atoms with Gasteiger partial charge in [-0.25, -0.2) is 0 Å². The first kappa shape index (κ1) is 22.1. The smallest absolute Gasteiger partial charge is 0.261 e. The summed E-state index contributed by atoms with van der Waals surface area (Å²) in [5.41, 5.74) is 1.90. The minimum Gasteiger partial charge on any atom is -0.385 e. The zero-order valence-electron chi connectivity index (χ0n) is 18.2. The monoisotopic (exact) mass is 437 g/mol. The minimum atomic E-state index is -0.367. The summed E-state index contributed by atoms with van der Waals surface area (Å²) in [7, 11) is 1.58. The number of hydrogen-bond acceptors (Lipinski definition) is 6. The van der Waals surface area contributed by atoms with E-state index in [-0.39, 0.29) is 35.9 Å². The molecule has 1 atom stereocenters. The third kappa shape index (κ3) is 4.71. The molecule has 2 aliphatic heterocycles. The molecular weight excluding hydrogens is 410 g/mol. The third-order valence-corrected chi connectivity index (χ3v) is 5.78. The lowest BCUT2D eigenvalue weighted by Crippen LogP contribution is -2.37. The van der Waals surface area contributed by atoms with Crippen LogP contribution < -0.4 is 0 Å². The van der Waals surface area contributed by atoms with E-state index >= 15 is 0 Å². The molecule has 1 aromatic heterocycles. The molecule has 1 unspecified atom stereocenters. The van der Waals surface area contributed by atoms with E-state index in [4.69, 9.17) is 9.47 Å². The van der Waals surface area contributed by atoms with Gasteiger partial charge in [0.1, 0.15) is 0 Å². The van der Waals surface area contributed by atoms with Gasteiger partial charge in [-0.15, -0.1) is 0 Å². The van der Waals surface area contributed by atoms with Crippen molar-refractivity contribution in [3.63, 3.8) is 0 Å². The van der Waals surface area contributed by atoms with E-state index < -0.39 is 0 Å². The number of benzene rings is 1. The van der Waals surface area contributed by atoms with Crippen molar-refractivity contribution >= 4 is 17.7 Å². The molecule has 3 heterocycles. The van der Waals surface area contributed by atoms with Crippen LogP contribution in [0.2, 0.25) is 0 Å². The standard InChI is InChI=1S/C24H27N3O5/c1-31-11-4-10-27-23(29)20-8-7-18(13-21(20)24(27)30)22(28)26(16-19-6-3-12-32-19)15-17-5-2-9-25-14-17/h2,5,7-9,13-14,19H,3-4,6,10-12,15-16H2,1H3. The zero-order chi connectivity index (χ0) is 22.5. The predicted octanol–water partition coefficient (Wildman–Crippen LogP) is 2.54. The first-order valence-electron chi connectivity index (χ1n) is 10.9. The van der Waals surface area contributed by atoms with Crippen molar-refractivity contribution in [3.05, 3.63) is 65.0 Å². The number of ether oxygens (including phenoxy) is 2. The summed E-state index contributed by atoms with van der Waals surface area (Å²) in [6, 6.07) is 8.50. The average molecular weight is 437 g/mol.